The first-order valence-electron chi connectivity index (χ1n) is 6.29. The van der Waals surface area contributed by atoms with Gasteiger partial charge in [-0.25, -0.2) is 13.9 Å². The minimum Gasteiger partial charge on any atom is -0.478 e. The van der Waals surface area contributed by atoms with Gasteiger partial charge in [-0.3, -0.25) is 0 Å². The van der Waals surface area contributed by atoms with Crippen LogP contribution in [0.5, 0.6) is 0 Å². The summed E-state index contributed by atoms with van der Waals surface area (Å²) in [5.74, 6) is -1.60. The lowest BCUT2D eigenvalue weighted by atomic mass is 10.0. The summed E-state index contributed by atoms with van der Waals surface area (Å²) in [6, 6.07) is 14.5. The molecule has 0 fully saturated rings. The van der Waals surface area contributed by atoms with E-state index < -0.39 is 11.8 Å². The van der Waals surface area contributed by atoms with E-state index in [9.17, 15) is 14.3 Å². The Labute approximate surface area is 120 Å². The highest BCUT2D eigenvalue weighted by Crippen LogP contribution is 2.26. The average Bonchev–Trinajstić information content (AvgIpc) is 2.97. The molecule has 0 amide bonds. The van der Waals surface area contributed by atoms with Crippen molar-refractivity contribution in [2.45, 2.75) is 0 Å². The van der Waals surface area contributed by atoms with E-state index in [0.29, 0.717) is 11.3 Å². The van der Waals surface area contributed by atoms with Crippen molar-refractivity contribution in [3.8, 4) is 16.9 Å². The van der Waals surface area contributed by atoms with Gasteiger partial charge in [0.2, 0.25) is 0 Å². The zero-order valence-corrected chi connectivity index (χ0v) is 10.9. The summed E-state index contributed by atoms with van der Waals surface area (Å²) >= 11 is 0. The fourth-order valence-corrected chi connectivity index (χ4v) is 2.20. The molecule has 0 aliphatic carbocycles. The molecule has 0 saturated carbocycles. The molecule has 3 rings (SSSR count). The van der Waals surface area contributed by atoms with E-state index >= 15 is 0 Å². The summed E-state index contributed by atoms with van der Waals surface area (Å²) < 4.78 is 15.1. The Morgan fingerprint density at radius 2 is 1.86 bits per heavy atom. The first kappa shape index (κ1) is 13.1. The molecule has 0 unspecified atom stereocenters. The van der Waals surface area contributed by atoms with Crippen molar-refractivity contribution < 1.29 is 14.3 Å². The Hall–Kier alpha value is -2.95. The molecule has 0 aliphatic rings. The highest BCUT2D eigenvalue weighted by Gasteiger charge is 2.16. The second kappa shape index (κ2) is 5.20. The average molecular weight is 282 g/mol. The molecule has 5 heteroatoms. The molecule has 0 radical (unpaired) electrons. The largest absolute Gasteiger partial charge is 0.478 e. The highest BCUT2D eigenvalue weighted by molar-refractivity contribution is 5.95. The third kappa shape index (κ3) is 2.41. The van der Waals surface area contributed by atoms with Crippen molar-refractivity contribution in [2.24, 2.45) is 0 Å². The van der Waals surface area contributed by atoms with Gasteiger partial charge >= 0.3 is 5.97 Å². The monoisotopic (exact) mass is 282 g/mol. The van der Waals surface area contributed by atoms with Gasteiger partial charge < -0.3 is 5.11 Å². The minimum atomic E-state index is -1.11. The van der Waals surface area contributed by atoms with Crippen molar-refractivity contribution in [3.05, 3.63) is 72.2 Å². The van der Waals surface area contributed by atoms with E-state index in [1.807, 2.05) is 30.3 Å². The number of carboxylic acids is 1. The molecule has 21 heavy (non-hydrogen) atoms. The van der Waals surface area contributed by atoms with Crippen LogP contribution in [0.3, 0.4) is 0 Å². The van der Waals surface area contributed by atoms with Crippen LogP contribution in [-0.2, 0) is 0 Å². The first-order valence-corrected chi connectivity index (χ1v) is 6.29. The van der Waals surface area contributed by atoms with E-state index in [1.165, 1.54) is 12.1 Å². The van der Waals surface area contributed by atoms with Crippen LogP contribution < -0.4 is 0 Å². The molecule has 0 saturated heterocycles. The van der Waals surface area contributed by atoms with Crippen molar-refractivity contribution in [2.75, 3.05) is 0 Å². The summed E-state index contributed by atoms with van der Waals surface area (Å²) in [5, 5.41) is 13.5. The Morgan fingerprint density at radius 1 is 1.10 bits per heavy atom. The van der Waals surface area contributed by atoms with E-state index in [1.54, 1.807) is 16.9 Å². The molecule has 1 aromatic heterocycles. The first-order chi connectivity index (χ1) is 10.2. The second-order valence-corrected chi connectivity index (χ2v) is 4.46. The molecule has 0 bridgehead atoms. The third-order valence-electron chi connectivity index (χ3n) is 3.13. The minimum absolute atomic E-state index is 0.0362. The lowest BCUT2D eigenvalue weighted by molar-refractivity contribution is 0.0697. The molecule has 2 aromatic carbocycles. The molecule has 4 nitrogen and oxygen atoms in total. The van der Waals surface area contributed by atoms with Crippen molar-refractivity contribution in [3.63, 3.8) is 0 Å². The van der Waals surface area contributed by atoms with Crippen LogP contribution in [-0.4, -0.2) is 20.9 Å². The standard InChI is InChI=1S/C16H11FN2O2/c17-11-6-7-13(16(20)21)14(10-11)15-8-9-18-19(15)12-4-2-1-3-5-12/h1-10H,(H,20,21). The van der Waals surface area contributed by atoms with Gasteiger partial charge in [-0.15, -0.1) is 0 Å². The van der Waals surface area contributed by atoms with Crippen molar-refractivity contribution in [1.82, 2.24) is 9.78 Å². The molecule has 104 valence electrons. The number of carboxylic acid groups (broad SMARTS) is 1. The van der Waals surface area contributed by atoms with Gasteiger partial charge in [0.25, 0.3) is 0 Å². The Kier molecular flexibility index (Phi) is 3.23. The van der Waals surface area contributed by atoms with Gasteiger partial charge in [0.1, 0.15) is 5.82 Å². The van der Waals surface area contributed by atoms with Gasteiger partial charge in [-0.2, -0.15) is 5.10 Å². The molecule has 0 spiro atoms. The van der Waals surface area contributed by atoms with Crippen LogP contribution >= 0.6 is 0 Å². The molecule has 0 aliphatic heterocycles. The molecular weight excluding hydrogens is 271 g/mol. The number of aromatic carboxylic acids is 1. The molecular formula is C16H11FN2O2. The lowest BCUT2D eigenvalue weighted by Crippen LogP contribution is -2.04. The maximum absolute atomic E-state index is 13.5. The Bertz CT molecular complexity index is 797. The van der Waals surface area contributed by atoms with Gasteiger partial charge in [-0.05, 0) is 36.4 Å². The maximum atomic E-state index is 13.5. The number of benzene rings is 2. The number of carbonyl (C=O) groups is 1. The van der Waals surface area contributed by atoms with Crippen LogP contribution in [0.15, 0.2) is 60.8 Å². The number of para-hydroxylation sites is 1. The van der Waals surface area contributed by atoms with Gasteiger partial charge in [0.05, 0.1) is 23.1 Å². The van der Waals surface area contributed by atoms with Crippen LogP contribution in [0.4, 0.5) is 4.39 Å². The van der Waals surface area contributed by atoms with Crippen LogP contribution in [0.1, 0.15) is 10.4 Å². The van der Waals surface area contributed by atoms with Crippen LogP contribution in [0.25, 0.3) is 16.9 Å². The number of nitrogens with zero attached hydrogens (tertiary/aromatic N) is 2. The number of hydrogen-bond acceptors (Lipinski definition) is 2. The zero-order valence-electron chi connectivity index (χ0n) is 10.9. The predicted molar refractivity (Wildman–Crippen MR) is 75.9 cm³/mol. The van der Waals surface area contributed by atoms with Gasteiger partial charge in [0, 0.05) is 5.56 Å². The van der Waals surface area contributed by atoms with Gasteiger partial charge in [0.15, 0.2) is 0 Å². The Morgan fingerprint density at radius 3 is 2.57 bits per heavy atom. The smallest absolute Gasteiger partial charge is 0.336 e. The summed E-state index contributed by atoms with van der Waals surface area (Å²) in [7, 11) is 0. The molecule has 1 N–H and O–H groups in total. The number of aromatic nitrogens is 2. The maximum Gasteiger partial charge on any atom is 0.336 e. The SMILES string of the molecule is O=C(O)c1ccc(F)cc1-c1ccnn1-c1ccccc1. The third-order valence-corrected chi connectivity index (χ3v) is 3.13. The van der Waals surface area contributed by atoms with Crippen LogP contribution in [0.2, 0.25) is 0 Å². The Balaban J connectivity index is 2.21. The molecule has 0 atom stereocenters. The molecule has 3 aromatic rings. The number of halogens is 1. The summed E-state index contributed by atoms with van der Waals surface area (Å²) in [4.78, 5) is 11.3. The van der Waals surface area contributed by atoms with E-state index in [2.05, 4.69) is 5.10 Å². The lowest BCUT2D eigenvalue weighted by Gasteiger charge is -2.10. The summed E-state index contributed by atoms with van der Waals surface area (Å²) in [6.07, 6.45) is 1.55. The van der Waals surface area contributed by atoms with Crippen LogP contribution in [0, 0.1) is 5.82 Å². The summed E-state index contributed by atoms with van der Waals surface area (Å²) in [6.45, 7) is 0. The topological polar surface area (TPSA) is 55.1 Å². The zero-order chi connectivity index (χ0) is 14.8. The summed E-state index contributed by atoms with van der Waals surface area (Å²) in [5.41, 5.74) is 1.63. The van der Waals surface area contributed by atoms with Crippen molar-refractivity contribution >= 4 is 5.97 Å². The predicted octanol–water partition coefficient (Wildman–Crippen LogP) is 3.38. The van der Waals surface area contributed by atoms with Crippen molar-refractivity contribution in [1.29, 1.82) is 0 Å². The second-order valence-electron chi connectivity index (χ2n) is 4.46. The fraction of sp³-hybridized carbons (Fsp3) is 0. The van der Waals surface area contributed by atoms with E-state index in [0.717, 1.165) is 11.8 Å². The highest BCUT2D eigenvalue weighted by atomic mass is 19.1. The fourth-order valence-electron chi connectivity index (χ4n) is 2.20. The molecule has 1 heterocycles. The quantitative estimate of drug-likeness (QED) is 0.801. The van der Waals surface area contributed by atoms with Gasteiger partial charge in [-0.1, -0.05) is 18.2 Å². The van der Waals surface area contributed by atoms with E-state index in [-0.39, 0.29) is 5.56 Å². The normalized spacial score (nSPS) is 10.5. The number of hydrogen-bond donors (Lipinski definition) is 1. The van der Waals surface area contributed by atoms with E-state index in [4.69, 9.17) is 0 Å². The number of rotatable bonds is 3.